The molecule has 35 heavy (non-hydrogen) atoms. The van der Waals surface area contributed by atoms with Crippen LogP contribution in [0.3, 0.4) is 0 Å². The quantitative estimate of drug-likeness (QED) is 0.244. The number of hydrogen-bond donors (Lipinski definition) is 1. The van der Waals surface area contributed by atoms with Crippen molar-refractivity contribution in [3.05, 3.63) is 94.3 Å². The van der Waals surface area contributed by atoms with Gasteiger partial charge in [-0.2, -0.15) is 0 Å². The van der Waals surface area contributed by atoms with Crippen LogP contribution in [0, 0.1) is 13.8 Å². The minimum absolute atomic E-state index is 0.107. The van der Waals surface area contributed by atoms with E-state index >= 15 is 0 Å². The monoisotopic (exact) mass is 489 g/mol. The highest BCUT2D eigenvalue weighted by Crippen LogP contribution is 2.21. The Kier molecular flexibility index (Phi) is 8.43. The number of carbonyl (C=O) groups is 1. The van der Waals surface area contributed by atoms with Gasteiger partial charge < -0.3 is 14.6 Å². The molecule has 1 aromatic heterocycles. The van der Waals surface area contributed by atoms with Crippen molar-refractivity contribution in [1.82, 2.24) is 14.9 Å². The maximum atomic E-state index is 12.4. The van der Waals surface area contributed by atoms with Crippen molar-refractivity contribution in [3.63, 3.8) is 0 Å². The number of ether oxygens (including phenoxy) is 1. The van der Waals surface area contributed by atoms with E-state index < -0.39 is 0 Å². The van der Waals surface area contributed by atoms with Gasteiger partial charge in [-0.3, -0.25) is 4.79 Å². The summed E-state index contributed by atoms with van der Waals surface area (Å²) < 4.78 is 8.34. The fourth-order valence-electron chi connectivity index (χ4n) is 4.18. The average molecular weight is 490 g/mol. The second kappa shape index (κ2) is 11.9. The first-order chi connectivity index (χ1) is 17.0. The number of benzene rings is 3. The molecule has 0 bridgehead atoms. The zero-order valence-electron chi connectivity index (χ0n) is 20.4. The molecule has 182 valence electrons. The van der Waals surface area contributed by atoms with Gasteiger partial charge in [0, 0.05) is 30.1 Å². The molecular weight excluding hydrogens is 458 g/mol. The van der Waals surface area contributed by atoms with Gasteiger partial charge in [0.15, 0.2) is 0 Å². The SMILES string of the molecule is Cc1cccc(OCCCCn2c(CCCNC(=O)c3cccc(Cl)c3)nc3ccccc32)c1C. The topological polar surface area (TPSA) is 56.1 Å². The van der Waals surface area contributed by atoms with Crippen LogP contribution in [0.5, 0.6) is 5.75 Å². The van der Waals surface area contributed by atoms with Gasteiger partial charge in [-0.1, -0.05) is 41.9 Å². The second-order valence-corrected chi connectivity index (χ2v) is 9.23. The molecule has 0 fully saturated rings. The van der Waals surface area contributed by atoms with Gasteiger partial charge in [0.2, 0.25) is 0 Å². The van der Waals surface area contributed by atoms with E-state index in [0.29, 0.717) is 23.7 Å². The first-order valence-corrected chi connectivity index (χ1v) is 12.6. The highest BCUT2D eigenvalue weighted by atomic mass is 35.5. The number of imidazole rings is 1. The average Bonchev–Trinajstić information content (AvgIpc) is 3.21. The number of unbranched alkanes of at least 4 members (excludes halogenated alkanes) is 1. The molecule has 1 N–H and O–H groups in total. The molecule has 0 aliphatic heterocycles. The van der Waals surface area contributed by atoms with Crippen molar-refractivity contribution < 1.29 is 9.53 Å². The van der Waals surface area contributed by atoms with Crippen molar-refractivity contribution in [2.24, 2.45) is 0 Å². The van der Waals surface area contributed by atoms with Crippen LogP contribution in [0.25, 0.3) is 11.0 Å². The standard InChI is InChI=1S/C29H32ClN3O2/c1-21-10-7-15-27(22(21)2)35-19-6-5-18-33-26-14-4-3-13-25(26)32-28(33)16-9-17-31-29(34)23-11-8-12-24(30)20-23/h3-4,7-8,10-15,20H,5-6,9,16-19H2,1-2H3,(H,31,34). The molecule has 0 aliphatic carbocycles. The Morgan fingerprint density at radius 1 is 1.00 bits per heavy atom. The molecule has 1 amide bonds. The predicted molar refractivity (Wildman–Crippen MR) is 142 cm³/mol. The fraction of sp³-hybridized carbons (Fsp3) is 0.310. The van der Waals surface area contributed by atoms with E-state index in [0.717, 1.165) is 54.8 Å². The highest BCUT2D eigenvalue weighted by Gasteiger charge is 2.11. The molecule has 0 atom stereocenters. The third kappa shape index (κ3) is 6.43. The number of carbonyl (C=O) groups excluding carboxylic acids is 1. The molecule has 4 rings (SSSR count). The van der Waals surface area contributed by atoms with E-state index in [1.165, 1.54) is 11.1 Å². The molecule has 1 heterocycles. The Morgan fingerprint density at radius 2 is 1.83 bits per heavy atom. The van der Waals surface area contributed by atoms with E-state index in [4.69, 9.17) is 21.3 Å². The minimum atomic E-state index is -0.107. The number of aryl methyl sites for hydroxylation is 3. The van der Waals surface area contributed by atoms with Gasteiger partial charge in [-0.25, -0.2) is 4.98 Å². The first-order valence-electron chi connectivity index (χ1n) is 12.2. The van der Waals surface area contributed by atoms with Gasteiger partial charge in [-0.15, -0.1) is 0 Å². The maximum absolute atomic E-state index is 12.4. The molecule has 0 saturated heterocycles. The third-order valence-corrected chi connectivity index (χ3v) is 6.51. The Hall–Kier alpha value is -3.31. The lowest BCUT2D eigenvalue weighted by atomic mass is 10.1. The Morgan fingerprint density at radius 3 is 2.69 bits per heavy atom. The molecule has 3 aromatic carbocycles. The zero-order chi connectivity index (χ0) is 24.6. The summed E-state index contributed by atoms with van der Waals surface area (Å²) in [7, 11) is 0. The molecule has 0 unspecified atom stereocenters. The van der Waals surface area contributed by atoms with Gasteiger partial charge in [0.1, 0.15) is 11.6 Å². The molecule has 0 radical (unpaired) electrons. The molecule has 5 nitrogen and oxygen atoms in total. The second-order valence-electron chi connectivity index (χ2n) is 8.79. The van der Waals surface area contributed by atoms with Crippen molar-refractivity contribution >= 4 is 28.5 Å². The van der Waals surface area contributed by atoms with E-state index in [1.807, 2.05) is 18.2 Å². The van der Waals surface area contributed by atoms with E-state index in [1.54, 1.807) is 24.3 Å². The van der Waals surface area contributed by atoms with Gasteiger partial charge in [0.25, 0.3) is 5.91 Å². The molecule has 0 spiro atoms. The summed E-state index contributed by atoms with van der Waals surface area (Å²) in [5.41, 5.74) is 5.20. The van der Waals surface area contributed by atoms with Crippen LogP contribution in [-0.2, 0) is 13.0 Å². The molecule has 6 heteroatoms. The summed E-state index contributed by atoms with van der Waals surface area (Å²) in [4.78, 5) is 17.2. The summed E-state index contributed by atoms with van der Waals surface area (Å²) in [6.45, 7) is 6.38. The first kappa shape index (κ1) is 24.8. The number of halogens is 1. The maximum Gasteiger partial charge on any atom is 0.251 e. The summed E-state index contributed by atoms with van der Waals surface area (Å²) in [6.07, 6.45) is 3.58. The summed E-state index contributed by atoms with van der Waals surface area (Å²) in [6, 6.07) is 21.4. The van der Waals surface area contributed by atoms with E-state index in [-0.39, 0.29) is 5.91 Å². The van der Waals surface area contributed by atoms with Crippen molar-refractivity contribution in [2.75, 3.05) is 13.2 Å². The summed E-state index contributed by atoms with van der Waals surface area (Å²) in [5, 5.41) is 3.54. The Balaban J connectivity index is 1.30. The molecular formula is C29H32ClN3O2. The summed E-state index contributed by atoms with van der Waals surface area (Å²) in [5.74, 6) is 1.92. The van der Waals surface area contributed by atoms with E-state index in [9.17, 15) is 4.79 Å². The fourth-order valence-corrected chi connectivity index (χ4v) is 4.37. The minimum Gasteiger partial charge on any atom is -0.493 e. The van der Waals surface area contributed by atoms with Crippen LogP contribution in [0.4, 0.5) is 0 Å². The lowest BCUT2D eigenvalue weighted by Crippen LogP contribution is -2.25. The number of nitrogens with zero attached hydrogens (tertiary/aromatic N) is 2. The number of fused-ring (bicyclic) bond motifs is 1. The van der Waals surface area contributed by atoms with Gasteiger partial charge in [-0.05, 0) is 80.6 Å². The molecule has 4 aromatic rings. The highest BCUT2D eigenvalue weighted by molar-refractivity contribution is 6.30. The zero-order valence-corrected chi connectivity index (χ0v) is 21.1. The number of aromatic nitrogens is 2. The van der Waals surface area contributed by atoms with Crippen LogP contribution in [-0.4, -0.2) is 28.6 Å². The van der Waals surface area contributed by atoms with Crippen LogP contribution >= 0.6 is 11.6 Å². The van der Waals surface area contributed by atoms with Crippen LogP contribution in [0.1, 0.15) is 46.6 Å². The van der Waals surface area contributed by atoms with Crippen molar-refractivity contribution in [1.29, 1.82) is 0 Å². The largest absolute Gasteiger partial charge is 0.493 e. The predicted octanol–water partition coefficient (Wildman–Crippen LogP) is 6.53. The summed E-state index contributed by atoms with van der Waals surface area (Å²) >= 11 is 5.99. The lowest BCUT2D eigenvalue weighted by molar-refractivity contribution is 0.0953. The van der Waals surface area contributed by atoms with Gasteiger partial charge in [0.05, 0.1) is 17.6 Å². The number of para-hydroxylation sites is 2. The van der Waals surface area contributed by atoms with Crippen LogP contribution in [0.2, 0.25) is 5.02 Å². The third-order valence-electron chi connectivity index (χ3n) is 6.27. The van der Waals surface area contributed by atoms with Gasteiger partial charge >= 0.3 is 0 Å². The number of hydrogen-bond acceptors (Lipinski definition) is 3. The lowest BCUT2D eigenvalue weighted by Gasteiger charge is -2.12. The molecule has 0 aliphatic rings. The molecule has 0 saturated carbocycles. The van der Waals surface area contributed by atoms with Crippen LogP contribution < -0.4 is 10.1 Å². The van der Waals surface area contributed by atoms with Crippen molar-refractivity contribution in [2.45, 2.75) is 46.1 Å². The Labute approximate surface area is 212 Å². The van der Waals surface area contributed by atoms with E-state index in [2.05, 4.69) is 48.0 Å². The smallest absolute Gasteiger partial charge is 0.251 e. The number of amides is 1. The Bertz CT molecular complexity index is 1300. The number of rotatable bonds is 11. The van der Waals surface area contributed by atoms with Crippen molar-refractivity contribution in [3.8, 4) is 5.75 Å². The normalized spacial score (nSPS) is 11.1. The number of nitrogens with one attached hydrogen (secondary N) is 1. The van der Waals surface area contributed by atoms with Crippen LogP contribution in [0.15, 0.2) is 66.7 Å².